The number of β-amino-alcohol motifs (C(OH)–C–C–N with tert-alkyl or cyclic N) is 1. The number of carbonyl (C=O) groups is 1. The van der Waals surface area contributed by atoms with Gasteiger partial charge in [0.2, 0.25) is 5.91 Å². The van der Waals surface area contributed by atoms with Gasteiger partial charge in [0.25, 0.3) is 0 Å². The zero-order valence-electron chi connectivity index (χ0n) is 18.1. The molecule has 1 saturated heterocycles. The topological polar surface area (TPSA) is 93.0 Å². The summed E-state index contributed by atoms with van der Waals surface area (Å²) in [5, 5.41) is 34.3. The number of carbonyl (C=O) groups excluding carboxylic acids is 1. The van der Waals surface area contributed by atoms with Crippen molar-refractivity contribution in [2.45, 2.75) is 37.9 Å². The first-order chi connectivity index (χ1) is 15.9. The number of aliphatic hydroxyl groups excluding tert-OH is 3. The summed E-state index contributed by atoms with van der Waals surface area (Å²) in [5.41, 5.74) is 4.17. The maximum atomic E-state index is 12.9. The molecule has 6 nitrogen and oxygen atoms in total. The van der Waals surface area contributed by atoms with Crippen molar-refractivity contribution in [1.82, 2.24) is 10.2 Å². The lowest BCUT2D eigenvalue weighted by atomic mass is 10.0. The third-order valence-corrected chi connectivity index (χ3v) is 6.19. The summed E-state index contributed by atoms with van der Waals surface area (Å²) in [4.78, 5) is 14.5. The van der Waals surface area contributed by atoms with Crippen molar-refractivity contribution in [2.75, 3.05) is 6.54 Å². The Morgan fingerprint density at radius 1 is 1.03 bits per heavy atom. The van der Waals surface area contributed by atoms with Crippen LogP contribution in [-0.2, 0) is 17.9 Å². The van der Waals surface area contributed by atoms with Gasteiger partial charge in [0, 0.05) is 18.1 Å². The normalized spacial score (nSPS) is 19.4. The minimum Gasteiger partial charge on any atom is -0.392 e. The number of benzene rings is 3. The van der Waals surface area contributed by atoms with E-state index in [-0.39, 0.29) is 25.5 Å². The van der Waals surface area contributed by atoms with Crippen LogP contribution in [0.3, 0.4) is 0 Å². The van der Waals surface area contributed by atoms with Gasteiger partial charge >= 0.3 is 0 Å². The number of rotatable bonds is 7. The van der Waals surface area contributed by atoms with Crippen LogP contribution < -0.4 is 5.32 Å². The van der Waals surface area contributed by atoms with E-state index in [4.69, 9.17) is 11.6 Å². The van der Waals surface area contributed by atoms with Crippen LogP contribution in [0.5, 0.6) is 0 Å². The molecule has 0 aliphatic carbocycles. The van der Waals surface area contributed by atoms with E-state index in [1.165, 1.54) is 0 Å². The quantitative estimate of drug-likeness (QED) is 0.429. The Hall–Kier alpha value is -2.74. The summed E-state index contributed by atoms with van der Waals surface area (Å²) in [7, 11) is 0. The minimum atomic E-state index is -1.05. The van der Waals surface area contributed by atoms with E-state index in [2.05, 4.69) is 5.32 Å². The smallest absolute Gasteiger partial charge is 0.237 e. The predicted octanol–water partition coefficient (Wildman–Crippen LogP) is 3.24. The molecule has 1 aliphatic rings. The van der Waals surface area contributed by atoms with Gasteiger partial charge in [-0.15, -0.1) is 0 Å². The minimum absolute atomic E-state index is 0.0470. The van der Waals surface area contributed by atoms with Crippen LogP contribution in [0.1, 0.15) is 29.3 Å². The molecular formula is C26H27ClN2O4. The molecule has 33 heavy (non-hydrogen) atoms. The molecule has 7 heteroatoms. The number of nitrogens with zero attached hydrogens (tertiary/aromatic N) is 1. The van der Waals surface area contributed by atoms with Crippen LogP contribution in [0.2, 0.25) is 5.02 Å². The Kier molecular flexibility index (Phi) is 7.42. The average molecular weight is 467 g/mol. The fourth-order valence-corrected chi connectivity index (χ4v) is 4.32. The Morgan fingerprint density at radius 3 is 2.45 bits per heavy atom. The molecule has 0 aromatic heterocycles. The number of aliphatic hydroxyl groups is 3. The van der Waals surface area contributed by atoms with Gasteiger partial charge in [0.15, 0.2) is 0 Å². The second-order valence-electron chi connectivity index (χ2n) is 8.30. The van der Waals surface area contributed by atoms with Crippen molar-refractivity contribution in [3.63, 3.8) is 0 Å². The first kappa shape index (κ1) is 23.4. The SMILES string of the molecule is O=C(NCc1ccc(Cl)cc1)[C@@H]1C[C@@H](O)CN1C(O)c1cccc(-c2cccc(CO)c2)c1. The highest BCUT2D eigenvalue weighted by Gasteiger charge is 2.39. The van der Waals surface area contributed by atoms with Gasteiger partial charge in [0.1, 0.15) is 6.23 Å². The standard InChI is InChI=1S/C26H27ClN2O4/c27-22-9-7-17(8-10-22)14-28-25(32)24-13-23(31)15-29(24)26(33)21-6-2-5-20(12-21)19-4-1-3-18(11-19)16-30/h1-12,23-24,26,30-31,33H,13-16H2,(H,28,32)/t23-,24+,26?/m1/s1. The van der Waals surface area contributed by atoms with Crippen LogP contribution in [0, 0.1) is 0 Å². The number of likely N-dealkylation sites (tertiary alicyclic amines) is 1. The predicted molar refractivity (Wildman–Crippen MR) is 127 cm³/mol. The molecule has 3 aromatic carbocycles. The lowest BCUT2D eigenvalue weighted by Crippen LogP contribution is -2.44. The maximum Gasteiger partial charge on any atom is 0.237 e. The molecule has 1 unspecified atom stereocenters. The van der Waals surface area contributed by atoms with Crippen molar-refractivity contribution in [1.29, 1.82) is 0 Å². The molecule has 172 valence electrons. The molecule has 0 bridgehead atoms. The number of halogens is 1. The Bertz CT molecular complexity index is 1110. The molecular weight excluding hydrogens is 440 g/mol. The van der Waals surface area contributed by atoms with E-state index in [1.807, 2.05) is 54.6 Å². The molecule has 1 amide bonds. The zero-order valence-corrected chi connectivity index (χ0v) is 18.8. The average Bonchev–Trinajstić information content (AvgIpc) is 3.25. The van der Waals surface area contributed by atoms with E-state index >= 15 is 0 Å². The van der Waals surface area contributed by atoms with Crippen LogP contribution >= 0.6 is 11.6 Å². The second kappa shape index (κ2) is 10.5. The Morgan fingerprint density at radius 2 is 1.73 bits per heavy atom. The first-order valence-corrected chi connectivity index (χ1v) is 11.3. The monoisotopic (exact) mass is 466 g/mol. The van der Waals surface area contributed by atoms with Crippen LogP contribution in [0.25, 0.3) is 11.1 Å². The number of hydrogen-bond donors (Lipinski definition) is 4. The Labute approximate surface area is 198 Å². The van der Waals surface area contributed by atoms with Crippen molar-refractivity contribution < 1.29 is 20.1 Å². The summed E-state index contributed by atoms with van der Waals surface area (Å²) in [5.74, 6) is -0.243. The molecule has 1 heterocycles. The summed E-state index contributed by atoms with van der Waals surface area (Å²) in [6.45, 7) is 0.488. The van der Waals surface area contributed by atoms with Gasteiger partial charge < -0.3 is 20.6 Å². The van der Waals surface area contributed by atoms with Crippen LogP contribution in [-0.4, -0.2) is 44.8 Å². The second-order valence-corrected chi connectivity index (χ2v) is 8.74. The lowest BCUT2D eigenvalue weighted by Gasteiger charge is -2.29. The van der Waals surface area contributed by atoms with Crippen molar-refractivity contribution in [3.8, 4) is 11.1 Å². The summed E-state index contributed by atoms with van der Waals surface area (Å²) < 4.78 is 0. The largest absolute Gasteiger partial charge is 0.392 e. The lowest BCUT2D eigenvalue weighted by molar-refractivity contribution is -0.129. The van der Waals surface area contributed by atoms with Crippen LogP contribution in [0.15, 0.2) is 72.8 Å². The van der Waals surface area contributed by atoms with Gasteiger partial charge in [0.05, 0.1) is 18.8 Å². The first-order valence-electron chi connectivity index (χ1n) is 10.9. The highest BCUT2D eigenvalue weighted by Crippen LogP contribution is 2.31. The molecule has 3 aromatic rings. The Balaban J connectivity index is 1.49. The highest BCUT2D eigenvalue weighted by atomic mass is 35.5. The fourth-order valence-electron chi connectivity index (χ4n) is 4.19. The fraction of sp³-hybridized carbons (Fsp3) is 0.269. The van der Waals surface area contributed by atoms with E-state index in [0.717, 1.165) is 22.3 Å². The van der Waals surface area contributed by atoms with Gasteiger partial charge in [-0.3, -0.25) is 9.69 Å². The van der Waals surface area contributed by atoms with Crippen molar-refractivity contribution >= 4 is 17.5 Å². The third kappa shape index (κ3) is 5.61. The molecule has 3 atom stereocenters. The molecule has 0 radical (unpaired) electrons. The molecule has 1 fully saturated rings. The number of amides is 1. The van der Waals surface area contributed by atoms with E-state index in [0.29, 0.717) is 17.1 Å². The van der Waals surface area contributed by atoms with E-state index in [9.17, 15) is 20.1 Å². The molecule has 1 aliphatic heterocycles. The van der Waals surface area contributed by atoms with Gasteiger partial charge in [-0.2, -0.15) is 0 Å². The van der Waals surface area contributed by atoms with Gasteiger partial charge in [-0.05, 0) is 58.5 Å². The van der Waals surface area contributed by atoms with E-state index in [1.54, 1.807) is 23.1 Å². The molecule has 4 rings (SSSR count). The molecule has 4 N–H and O–H groups in total. The van der Waals surface area contributed by atoms with Gasteiger partial charge in [-0.1, -0.05) is 60.1 Å². The highest BCUT2D eigenvalue weighted by molar-refractivity contribution is 6.30. The third-order valence-electron chi connectivity index (χ3n) is 5.94. The molecule has 0 saturated carbocycles. The van der Waals surface area contributed by atoms with Gasteiger partial charge in [-0.25, -0.2) is 0 Å². The zero-order chi connectivity index (χ0) is 23.4. The molecule has 0 spiro atoms. The maximum absolute atomic E-state index is 12.9. The van der Waals surface area contributed by atoms with E-state index < -0.39 is 18.4 Å². The van der Waals surface area contributed by atoms with Crippen molar-refractivity contribution in [2.24, 2.45) is 0 Å². The number of nitrogens with one attached hydrogen (secondary N) is 1. The summed E-state index contributed by atoms with van der Waals surface area (Å²) in [6, 6.07) is 21.6. The van der Waals surface area contributed by atoms with Crippen LogP contribution in [0.4, 0.5) is 0 Å². The summed E-state index contributed by atoms with van der Waals surface area (Å²) >= 11 is 5.91. The number of hydrogen-bond acceptors (Lipinski definition) is 5. The summed E-state index contributed by atoms with van der Waals surface area (Å²) in [6.07, 6.45) is -1.49. The van der Waals surface area contributed by atoms with Crippen molar-refractivity contribution in [3.05, 3.63) is 94.5 Å².